The van der Waals surface area contributed by atoms with E-state index in [9.17, 15) is 14.4 Å². The number of thioether (sulfide) groups is 1. The minimum atomic E-state index is -0.842. The highest BCUT2D eigenvalue weighted by Gasteiger charge is 2.26. The SMILES string of the molecule is C[C@@H](OC(=O)CSCC(=O)Nc1ccc(Cl)cc1)C(=O)N[C@@H]1CCCC[C@@H]1C. The summed E-state index contributed by atoms with van der Waals surface area (Å²) in [7, 11) is 0. The zero-order chi connectivity index (χ0) is 20.5. The molecule has 2 rings (SSSR count). The number of ether oxygens (including phenoxy) is 1. The van der Waals surface area contributed by atoms with E-state index in [1.54, 1.807) is 31.2 Å². The molecule has 0 bridgehead atoms. The Kier molecular flexibility index (Phi) is 9.12. The van der Waals surface area contributed by atoms with E-state index in [2.05, 4.69) is 17.6 Å². The number of hydrogen-bond donors (Lipinski definition) is 2. The molecule has 0 radical (unpaired) electrons. The van der Waals surface area contributed by atoms with E-state index in [-0.39, 0.29) is 29.4 Å². The molecule has 1 aliphatic rings. The fourth-order valence-electron chi connectivity index (χ4n) is 3.07. The van der Waals surface area contributed by atoms with E-state index in [0.29, 0.717) is 16.6 Å². The molecule has 2 amide bonds. The van der Waals surface area contributed by atoms with Crippen LogP contribution in [-0.4, -0.2) is 41.4 Å². The zero-order valence-electron chi connectivity index (χ0n) is 16.2. The number of benzene rings is 1. The van der Waals surface area contributed by atoms with E-state index in [1.807, 2.05) is 0 Å². The second kappa shape index (κ2) is 11.3. The number of rotatable bonds is 8. The Morgan fingerprint density at radius 2 is 1.86 bits per heavy atom. The molecule has 2 N–H and O–H groups in total. The first-order chi connectivity index (χ1) is 13.3. The van der Waals surface area contributed by atoms with Crippen LogP contribution < -0.4 is 10.6 Å². The molecule has 1 saturated carbocycles. The smallest absolute Gasteiger partial charge is 0.316 e. The number of halogens is 1. The Hall–Kier alpha value is -1.73. The number of carbonyl (C=O) groups is 3. The Bertz CT molecular complexity index is 683. The Morgan fingerprint density at radius 1 is 1.18 bits per heavy atom. The van der Waals surface area contributed by atoms with Crippen LogP contribution in [0.5, 0.6) is 0 Å². The van der Waals surface area contributed by atoms with E-state index >= 15 is 0 Å². The van der Waals surface area contributed by atoms with Gasteiger partial charge in [-0.2, -0.15) is 0 Å². The van der Waals surface area contributed by atoms with Gasteiger partial charge in [0.2, 0.25) is 5.91 Å². The molecule has 0 aromatic heterocycles. The molecule has 0 heterocycles. The van der Waals surface area contributed by atoms with Crippen LogP contribution in [0.15, 0.2) is 24.3 Å². The van der Waals surface area contributed by atoms with Gasteiger partial charge < -0.3 is 15.4 Å². The number of amides is 2. The van der Waals surface area contributed by atoms with Crippen LogP contribution in [0.3, 0.4) is 0 Å². The number of hydrogen-bond acceptors (Lipinski definition) is 5. The first-order valence-corrected chi connectivity index (χ1v) is 11.0. The molecule has 1 aromatic carbocycles. The lowest BCUT2D eigenvalue weighted by molar-refractivity contribution is -0.152. The van der Waals surface area contributed by atoms with Crippen molar-refractivity contribution >= 4 is 46.8 Å². The lowest BCUT2D eigenvalue weighted by Crippen LogP contribution is -2.46. The van der Waals surface area contributed by atoms with Crippen LogP contribution in [0.4, 0.5) is 5.69 Å². The van der Waals surface area contributed by atoms with Crippen molar-refractivity contribution in [1.82, 2.24) is 5.32 Å². The maximum absolute atomic E-state index is 12.2. The van der Waals surface area contributed by atoms with Crippen LogP contribution in [-0.2, 0) is 19.1 Å². The van der Waals surface area contributed by atoms with Gasteiger partial charge in [-0.05, 0) is 49.9 Å². The van der Waals surface area contributed by atoms with Crippen LogP contribution in [0.25, 0.3) is 0 Å². The van der Waals surface area contributed by atoms with Gasteiger partial charge in [-0.25, -0.2) is 0 Å². The van der Waals surface area contributed by atoms with E-state index in [0.717, 1.165) is 31.0 Å². The van der Waals surface area contributed by atoms with Crippen LogP contribution >= 0.6 is 23.4 Å². The third-order valence-electron chi connectivity index (χ3n) is 4.70. The fraction of sp³-hybridized carbons (Fsp3) is 0.550. The largest absolute Gasteiger partial charge is 0.452 e. The molecule has 8 heteroatoms. The quantitative estimate of drug-likeness (QED) is 0.620. The lowest BCUT2D eigenvalue weighted by Gasteiger charge is -2.30. The van der Waals surface area contributed by atoms with Gasteiger partial charge in [-0.3, -0.25) is 14.4 Å². The van der Waals surface area contributed by atoms with Gasteiger partial charge in [0, 0.05) is 16.8 Å². The standard InChI is InChI=1S/C20H27ClN2O4S/c1-13-5-3-4-6-17(13)23-20(26)14(2)27-19(25)12-28-11-18(24)22-16-9-7-15(21)8-10-16/h7-10,13-14,17H,3-6,11-12H2,1-2H3,(H,22,24)(H,23,26)/t13-,14+,17+/m0/s1. The van der Waals surface area contributed by atoms with Crippen molar-refractivity contribution in [2.45, 2.75) is 51.7 Å². The van der Waals surface area contributed by atoms with Crippen LogP contribution in [0, 0.1) is 5.92 Å². The van der Waals surface area contributed by atoms with Crippen molar-refractivity contribution in [2.75, 3.05) is 16.8 Å². The maximum atomic E-state index is 12.2. The Morgan fingerprint density at radius 3 is 2.54 bits per heavy atom. The van der Waals surface area contributed by atoms with Gasteiger partial charge in [-0.15, -0.1) is 11.8 Å². The molecular formula is C20H27ClN2O4S. The molecule has 0 unspecified atom stereocenters. The van der Waals surface area contributed by atoms with Crippen molar-refractivity contribution < 1.29 is 19.1 Å². The minimum absolute atomic E-state index is 0.00545. The summed E-state index contributed by atoms with van der Waals surface area (Å²) in [5, 5.41) is 6.29. The van der Waals surface area contributed by atoms with Gasteiger partial charge in [0.15, 0.2) is 6.10 Å². The highest BCUT2D eigenvalue weighted by Crippen LogP contribution is 2.23. The van der Waals surface area contributed by atoms with Crippen molar-refractivity contribution in [3.63, 3.8) is 0 Å². The lowest BCUT2D eigenvalue weighted by atomic mass is 9.86. The Labute approximate surface area is 175 Å². The van der Waals surface area contributed by atoms with E-state index in [4.69, 9.17) is 16.3 Å². The van der Waals surface area contributed by atoms with E-state index < -0.39 is 12.1 Å². The minimum Gasteiger partial charge on any atom is -0.452 e. The number of nitrogens with one attached hydrogen (secondary N) is 2. The molecule has 154 valence electrons. The first kappa shape index (κ1) is 22.6. The average Bonchev–Trinajstić information content (AvgIpc) is 2.65. The van der Waals surface area contributed by atoms with Crippen LogP contribution in [0.2, 0.25) is 5.02 Å². The zero-order valence-corrected chi connectivity index (χ0v) is 17.8. The Balaban J connectivity index is 1.64. The van der Waals surface area contributed by atoms with Crippen molar-refractivity contribution in [1.29, 1.82) is 0 Å². The summed E-state index contributed by atoms with van der Waals surface area (Å²) in [6.07, 6.45) is 3.53. The average molecular weight is 427 g/mol. The summed E-state index contributed by atoms with van der Waals surface area (Å²) in [5.41, 5.74) is 0.639. The monoisotopic (exact) mass is 426 g/mol. The molecule has 0 spiro atoms. The summed E-state index contributed by atoms with van der Waals surface area (Å²) in [6, 6.07) is 6.91. The summed E-state index contributed by atoms with van der Waals surface area (Å²) in [6.45, 7) is 3.70. The van der Waals surface area contributed by atoms with E-state index in [1.165, 1.54) is 6.42 Å². The number of anilines is 1. The van der Waals surface area contributed by atoms with Gasteiger partial charge in [0.25, 0.3) is 5.91 Å². The van der Waals surface area contributed by atoms with Crippen molar-refractivity contribution in [3.8, 4) is 0 Å². The van der Waals surface area contributed by atoms with Crippen molar-refractivity contribution in [3.05, 3.63) is 29.3 Å². The third kappa shape index (κ3) is 7.72. The molecule has 6 nitrogen and oxygen atoms in total. The first-order valence-electron chi connectivity index (χ1n) is 9.48. The van der Waals surface area contributed by atoms with Crippen molar-refractivity contribution in [2.24, 2.45) is 5.92 Å². The van der Waals surface area contributed by atoms with Gasteiger partial charge >= 0.3 is 5.97 Å². The number of carbonyl (C=O) groups excluding carboxylic acids is 3. The molecule has 0 saturated heterocycles. The normalized spacial score (nSPS) is 20.1. The molecule has 0 aliphatic heterocycles. The van der Waals surface area contributed by atoms with Gasteiger partial charge in [0.05, 0.1) is 11.5 Å². The van der Waals surface area contributed by atoms with Gasteiger partial charge in [-0.1, -0.05) is 31.4 Å². The molecule has 28 heavy (non-hydrogen) atoms. The van der Waals surface area contributed by atoms with Crippen LogP contribution in [0.1, 0.15) is 39.5 Å². The topological polar surface area (TPSA) is 84.5 Å². The molecule has 1 fully saturated rings. The predicted molar refractivity (Wildman–Crippen MR) is 113 cm³/mol. The molecular weight excluding hydrogens is 400 g/mol. The summed E-state index contributed by atoms with van der Waals surface area (Å²) < 4.78 is 5.18. The molecule has 3 atom stereocenters. The summed E-state index contributed by atoms with van der Waals surface area (Å²) in [4.78, 5) is 36.0. The molecule has 1 aromatic rings. The predicted octanol–water partition coefficient (Wildman–Crippen LogP) is 3.64. The third-order valence-corrected chi connectivity index (χ3v) is 5.86. The summed E-state index contributed by atoms with van der Waals surface area (Å²) in [5.74, 6) is -0.447. The second-order valence-corrected chi connectivity index (χ2v) is 8.48. The second-order valence-electron chi connectivity index (χ2n) is 7.06. The van der Waals surface area contributed by atoms with Gasteiger partial charge in [0.1, 0.15) is 0 Å². The maximum Gasteiger partial charge on any atom is 0.316 e. The fourth-order valence-corrected chi connectivity index (χ4v) is 3.79. The highest BCUT2D eigenvalue weighted by molar-refractivity contribution is 8.00. The molecule has 1 aliphatic carbocycles. The summed E-state index contributed by atoms with van der Waals surface area (Å²) >= 11 is 6.93. The number of esters is 1. The highest BCUT2D eigenvalue weighted by atomic mass is 35.5.